The van der Waals surface area contributed by atoms with Gasteiger partial charge in [-0.25, -0.2) is 4.39 Å². The summed E-state index contributed by atoms with van der Waals surface area (Å²) in [6.07, 6.45) is 1.44. The van der Waals surface area contributed by atoms with Crippen molar-refractivity contribution in [2.75, 3.05) is 0 Å². The molecule has 2 aliphatic rings. The fourth-order valence-electron chi connectivity index (χ4n) is 4.32. The van der Waals surface area contributed by atoms with E-state index in [9.17, 15) is 17.6 Å². The van der Waals surface area contributed by atoms with Crippen molar-refractivity contribution >= 4 is 5.57 Å². The largest absolute Gasteiger partial charge is 0.419 e. The maximum atomic E-state index is 14.0. The molecule has 0 amide bonds. The smallest absolute Gasteiger partial charge is 0.289 e. The zero-order chi connectivity index (χ0) is 19.0. The van der Waals surface area contributed by atoms with Crippen LogP contribution in [0, 0.1) is 5.82 Å². The molecule has 1 saturated heterocycles. The monoisotopic (exact) mass is 375 g/mol. The van der Waals surface area contributed by atoms with Gasteiger partial charge < -0.3 is 0 Å². The van der Waals surface area contributed by atoms with Crippen LogP contribution in [0.5, 0.6) is 0 Å². The van der Waals surface area contributed by atoms with Gasteiger partial charge in [-0.3, -0.25) is 4.90 Å². The van der Waals surface area contributed by atoms with Crippen LogP contribution in [0.25, 0.3) is 5.57 Å². The Morgan fingerprint density at radius 2 is 1.78 bits per heavy atom. The lowest BCUT2D eigenvalue weighted by atomic mass is 9.82. The molecule has 0 spiro atoms. The van der Waals surface area contributed by atoms with Gasteiger partial charge in [0.15, 0.2) is 0 Å². The third-order valence-corrected chi connectivity index (χ3v) is 5.63. The Balaban J connectivity index is 1.60. The van der Waals surface area contributed by atoms with Gasteiger partial charge in [-0.1, -0.05) is 48.9 Å². The zero-order valence-electron chi connectivity index (χ0n) is 14.8. The lowest BCUT2D eigenvalue weighted by molar-refractivity contribution is -0.140. The van der Waals surface area contributed by atoms with Crippen LogP contribution in [0.4, 0.5) is 17.6 Å². The molecule has 2 unspecified atom stereocenters. The standard InChI is InChI=1S/C22H21F4N/c23-21-13-16(9-10-20(21)22(24,25)26)17-11-18-7-4-8-19(12-17)27(18)14-15-5-2-1-3-6-15/h1-3,5-6,9-11,13,18-19H,4,7-8,12,14H2. The Bertz CT molecular complexity index is 841. The quantitative estimate of drug-likeness (QED) is 0.590. The first-order valence-electron chi connectivity index (χ1n) is 9.29. The van der Waals surface area contributed by atoms with E-state index in [1.807, 2.05) is 18.2 Å². The predicted octanol–water partition coefficient (Wildman–Crippen LogP) is 6.05. The van der Waals surface area contributed by atoms with Crippen molar-refractivity contribution in [1.82, 2.24) is 4.90 Å². The van der Waals surface area contributed by atoms with E-state index in [2.05, 4.69) is 23.1 Å². The number of rotatable bonds is 3. The van der Waals surface area contributed by atoms with Crippen LogP contribution < -0.4 is 0 Å². The van der Waals surface area contributed by atoms with E-state index in [1.165, 1.54) is 11.6 Å². The van der Waals surface area contributed by atoms with Gasteiger partial charge in [-0.05, 0) is 48.1 Å². The summed E-state index contributed by atoms with van der Waals surface area (Å²) >= 11 is 0. The average Bonchev–Trinajstić information content (AvgIpc) is 2.61. The molecule has 2 aromatic carbocycles. The normalized spacial score (nSPS) is 23.2. The highest BCUT2D eigenvalue weighted by Gasteiger charge is 2.36. The van der Waals surface area contributed by atoms with Gasteiger partial charge in [0.05, 0.1) is 5.56 Å². The van der Waals surface area contributed by atoms with E-state index in [0.29, 0.717) is 11.6 Å². The van der Waals surface area contributed by atoms with Crippen molar-refractivity contribution in [3.05, 3.63) is 77.1 Å². The molecule has 1 nitrogen and oxygen atoms in total. The highest BCUT2D eigenvalue weighted by Crippen LogP contribution is 2.39. The maximum absolute atomic E-state index is 14.0. The molecule has 0 saturated carbocycles. The number of benzene rings is 2. The molecule has 0 aliphatic carbocycles. The fraction of sp³-hybridized carbons (Fsp3) is 0.364. The zero-order valence-corrected chi connectivity index (χ0v) is 14.8. The topological polar surface area (TPSA) is 3.24 Å². The lowest BCUT2D eigenvalue weighted by Gasteiger charge is -2.45. The Labute approximate surface area is 156 Å². The summed E-state index contributed by atoms with van der Waals surface area (Å²) in [5.41, 5.74) is 1.58. The molecule has 0 aromatic heterocycles. The molecule has 2 heterocycles. The van der Waals surface area contributed by atoms with Crippen LogP contribution in [0.15, 0.2) is 54.6 Å². The average molecular weight is 375 g/mol. The van der Waals surface area contributed by atoms with Crippen molar-refractivity contribution in [3.8, 4) is 0 Å². The summed E-state index contributed by atoms with van der Waals surface area (Å²) in [7, 11) is 0. The van der Waals surface area contributed by atoms with Crippen molar-refractivity contribution in [1.29, 1.82) is 0 Å². The number of hydrogen-bond acceptors (Lipinski definition) is 1. The van der Waals surface area contributed by atoms with Crippen LogP contribution in [0.3, 0.4) is 0 Å². The molecule has 2 bridgehead atoms. The molecule has 0 radical (unpaired) electrons. The molecule has 0 N–H and O–H groups in total. The molecule has 2 aromatic rings. The highest BCUT2D eigenvalue weighted by molar-refractivity contribution is 5.68. The predicted molar refractivity (Wildman–Crippen MR) is 97.4 cm³/mol. The van der Waals surface area contributed by atoms with E-state index in [0.717, 1.165) is 49.9 Å². The molecular formula is C22H21F4N. The van der Waals surface area contributed by atoms with Crippen molar-refractivity contribution in [3.63, 3.8) is 0 Å². The van der Waals surface area contributed by atoms with E-state index in [4.69, 9.17) is 0 Å². The molecule has 1 fully saturated rings. The Hall–Kier alpha value is -2.14. The third-order valence-electron chi connectivity index (χ3n) is 5.63. The first kappa shape index (κ1) is 18.2. The highest BCUT2D eigenvalue weighted by atomic mass is 19.4. The van der Waals surface area contributed by atoms with Gasteiger partial charge in [0, 0.05) is 18.6 Å². The molecular weight excluding hydrogens is 354 g/mol. The minimum Gasteiger partial charge on any atom is -0.289 e. The summed E-state index contributed by atoms with van der Waals surface area (Å²) in [4.78, 5) is 2.47. The first-order valence-corrected chi connectivity index (χ1v) is 9.29. The number of fused-ring (bicyclic) bond motifs is 2. The number of nitrogens with zero attached hydrogens (tertiary/aromatic N) is 1. The summed E-state index contributed by atoms with van der Waals surface area (Å²) < 4.78 is 52.4. The lowest BCUT2D eigenvalue weighted by Crippen LogP contribution is -2.47. The summed E-state index contributed by atoms with van der Waals surface area (Å²) in [6, 6.07) is 14.2. The molecule has 27 heavy (non-hydrogen) atoms. The van der Waals surface area contributed by atoms with Gasteiger partial charge in [0.1, 0.15) is 5.82 Å². The Kier molecular flexibility index (Phi) is 4.81. The molecule has 142 valence electrons. The maximum Gasteiger partial charge on any atom is 0.419 e. The second-order valence-electron chi connectivity index (χ2n) is 7.40. The second kappa shape index (κ2) is 7.12. The minimum atomic E-state index is -4.66. The van der Waals surface area contributed by atoms with Gasteiger partial charge in [0.25, 0.3) is 0 Å². The van der Waals surface area contributed by atoms with Crippen LogP contribution in [-0.2, 0) is 12.7 Å². The van der Waals surface area contributed by atoms with Gasteiger partial charge in [-0.15, -0.1) is 0 Å². The summed E-state index contributed by atoms with van der Waals surface area (Å²) in [5, 5.41) is 0. The molecule has 5 heteroatoms. The van der Waals surface area contributed by atoms with Gasteiger partial charge >= 0.3 is 6.18 Å². The van der Waals surface area contributed by atoms with Crippen molar-refractivity contribution in [2.24, 2.45) is 0 Å². The van der Waals surface area contributed by atoms with E-state index in [1.54, 1.807) is 0 Å². The number of halogens is 4. The van der Waals surface area contributed by atoms with Crippen LogP contribution in [0.1, 0.15) is 42.4 Å². The van der Waals surface area contributed by atoms with Gasteiger partial charge in [-0.2, -0.15) is 13.2 Å². The van der Waals surface area contributed by atoms with Gasteiger partial charge in [0.2, 0.25) is 0 Å². The van der Waals surface area contributed by atoms with Crippen LogP contribution in [-0.4, -0.2) is 17.0 Å². The summed E-state index contributed by atoms with van der Waals surface area (Å²) in [5.74, 6) is -1.20. The molecule has 4 rings (SSSR count). The number of alkyl halides is 3. The van der Waals surface area contributed by atoms with E-state index < -0.39 is 17.6 Å². The first-order chi connectivity index (χ1) is 12.9. The van der Waals surface area contributed by atoms with Crippen LogP contribution >= 0.6 is 0 Å². The Morgan fingerprint density at radius 3 is 2.44 bits per heavy atom. The Morgan fingerprint density at radius 1 is 1.00 bits per heavy atom. The van der Waals surface area contributed by atoms with Crippen molar-refractivity contribution < 1.29 is 17.6 Å². The van der Waals surface area contributed by atoms with E-state index in [-0.39, 0.29) is 6.04 Å². The summed E-state index contributed by atoms with van der Waals surface area (Å²) in [6.45, 7) is 0.862. The number of piperidine rings is 1. The molecule has 2 atom stereocenters. The third kappa shape index (κ3) is 3.79. The van der Waals surface area contributed by atoms with Crippen LogP contribution in [0.2, 0.25) is 0 Å². The minimum absolute atomic E-state index is 0.248. The fourth-order valence-corrected chi connectivity index (χ4v) is 4.32. The van der Waals surface area contributed by atoms with Crippen molar-refractivity contribution in [2.45, 2.75) is 50.5 Å². The van der Waals surface area contributed by atoms with E-state index >= 15 is 0 Å². The number of hydrogen-bond donors (Lipinski definition) is 0. The SMILES string of the molecule is Fc1cc(C2=CC3CCCC(C2)N3Cc2ccccc2)ccc1C(F)(F)F. The molecule has 2 aliphatic heterocycles. The second-order valence-corrected chi connectivity index (χ2v) is 7.40.